The van der Waals surface area contributed by atoms with Gasteiger partial charge in [0, 0.05) is 22.7 Å². The average Bonchev–Trinajstić information content (AvgIpc) is 2.29. The van der Waals surface area contributed by atoms with Crippen LogP contribution in [0.5, 0.6) is 0 Å². The van der Waals surface area contributed by atoms with Gasteiger partial charge in [-0.1, -0.05) is 6.58 Å². The molecule has 1 aliphatic rings. The van der Waals surface area contributed by atoms with E-state index in [4.69, 9.17) is 10.5 Å². The van der Waals surface area contributed by atoms with E-state index in [1.807, 2.05) is 0 Å². The van der Waals surface area contributed by atoms with Gasteiger partial charge in [0.25, 0.3) is 0 Å². The third kappa shape index (κ3) is 6.79. The molecule has 23 heavy (non-hydrogen) atoms. The van der Waals surface area contributed by atoms with Crippen molar-refractivity contribution < 1.29 is 14.3 Å². The maximum atomic E-state index is 11.8. The van der Waals surface area contributed by atoms with Crippen molar-refractivity contribution >= 4 is 24.4 Å². The summed E-state index contributed by atoms with van der Waals surface area (Å²) in [5, 5.41) is 3.57. The van der Waals surface area contributed by atoms with Crippen molar-refractivity contribution in [2.24, 2.45) is 5.73 Å². The third-order valence-electron chi connectivity index (χ3n) is 3.81. The number of carbonyl (C=O) groups is 2. The van der Waals surface area contributed by atoms with E-state index in [0.717, 1.165) is 12.8 Å². The average molecular weight is 348 g/mol. The van der Waals surface area contributed by atoms with Gasteiger partial charge in [-0.05, 0) is 47.5 Å². The normalized spacial score (nSPS) is 19.3. The van der Waals surface area contributed by atoms with Crippen LogP contribution >= 0.6 is 12.4 Å². The van der Waals surface area contributed by atoms with Gasteiger partial charge in [0.1, 0.15) is 6.61 Å². The molecule has 7 heteroatoms. The topological polar surface area (TPSA) is 84.7 Å². The zero-order valence-electron chi connectivity index (χ0n) is 14.8. The molecule has 0 atom stereocenters. The van der Waals surface area contributed by atoms with E-state index in [2.05, 4.69) is 39.6 Å². The number of hydrogen-bond acceptors (Lipinski definition) is 4. The Balaban J connectivity index is 0.00000484. The first-order valence-corrected chi connectivity index (χ1v) is 7.61. The van der Waals surface area contributed by atoms with Crippen LogP contribution in [0.3, 0.4) is 0 Å². The van der Waals surface area contributed by atoms with Gasteiger partial charge in [0.2, 0.25) is 0 Å². The highest BCUT2D eigenvalue weighted by Gasteiger charge is 2.40. The Hall–Kier alpha value is -1.27. The first-order valence-electron chi connectivity index (χ1n) is 7.61. The van der Waals surface area contributed by atoms with Crippen LogP contribution in [0.25, 0.3) is 0 Å². The largest absolute Gasteiger partial charge is 0.460 e. The van der Waals surface area contributed by atoms with Gasteiger partial charge < -0.3 is 20.7 Å². The van der Waals surface area contributed by atoms with Gasteiger partial charge in [-0.25, -0.2) is 9.59 Å². The van der Waals surface area contributed by atoms with Gasteiger partial charge in [-0.2, -0.15) is 0 Å². The Bertz CT molecular complexity index is 447. The summed E-state index contributed by atoms with van der Waals surface area (Å²) in [4.78, 5) is 24.8. The fraction of sp³-hybridized carbons (Fsp3) is 0.750. The van der Waals surface area contributed by atoms with Crippen molar-refractivity contribution in [2.45, 2.75) is 64.6 Å². The minimum atomic E-state index is -0.482. The molecule has 3 N–H and O–H groups in total. The fourth-order valence-corrected chi connectivity index (χ4v) is 3.32. The maximum Gasteiger partial charge on any atom is 0.333 e. The van der Waals surface area contributed by atoms with E-state index in [-0.39, 0.29) is 36.1 Å². The number of primary amides is 1. The lowest BCUT2D eigenvalue weighted by atomic mass is 9.79. The van der Waals surface area contributed by atoms with Gasteiger partial charge in [0.15, 0.2) is 0 Å². The van der Waals surface area contributed by atoms with Crippen LogP contribution in [-0.4, -0.2) is 47.2 Å². The lowest BCUT2D eigenvalue weighted by Crippen LogP contribution is -2.63. The van der Waals surface area contributed by atoms with E-state index >= 15 is 0 Å². The maximum absolute atomic E-state index is 11.8. The Morgan fingerprint density at radius 1 is 1.26 bits per heavy atom. The smallest absolute Gasteiger partial charge is 0.333 e. The number of nitrogens with two attached hydrogens (primary N) is 1. The first kappa shape index (κ1) is 21.7. The number of amides is 2. The molecular formula is C16H30ClN3O3. The van der Waals surface area contributed by atoms with Crippen LogP contribution in [0.2, 0.25) is 0 Å². The summed E-state index contributed by atoms with van der Waals surface area (Å²) in [6, 6.07) is -0.461. The van der Waals surface area contributed by atoms with Crippen LogP contribution in [0.4, 0.5) is 4.79 Å². The molecule has 2 amide bonds. The number of urea groups is 1. The molecule has 0 aromatic heterocycles. The summed E-state index contributed by atoms with van der Waals surface area (Å²) in [5.74, 6) is -0.449. The summed E-state index contributed by atoms with van der Waals surface area (Å²) in [6.45, 7) is 14.0. The van der Waals surface area contributed by atoms with Crippen molar-refractivity contribution in [1.29, 1.82) is 0 Å². The Kier molecular flexibility index (Phi) is 7.57. The summed E-state index contributed by atoms with van der Waals surface area (Å²) in [5.41, 5.74) is 5.69. The molecule has 1 heterocycles. The Morgan fingerprint density at radius 2 is 1.74 bits per heavy atom. The number of nitrogens with zero attached hydrogens (tertiary/aromatic N) is 1. The highest BCUT2D eigenvalue weighted by molar-refractivity contribution is 5.86. The van der Waals surface area contributed by atoms with Crippen LogP contribution in [-0.2, 0) is 9.53 Å². The van der Waals surface area contributed by atoms with Crippen molar-refractivity contribution in [3.63, 3.8) is 0 Å². The molecular weight excluding hydrogens is 318 g/mol. The number of carbonyl (C=O) groups excluding carboxylic acids is 2. The highest BCUT2D eigenvalue weighted by atomic mass is 35.5. The molecule has 1 aliphatic heterocycles. The monoisotopic (exact) mass is 347 g/mol. The van der Waals surface area contributed by atoms with Crippen molar-refractivity contribution in [3.05, 3.63) is 12.2 Å². The van der Waals surface area contributed by atoms with Gasteiger partial charge in [-0.15, -0.1) is 12.4 Å². The van der Waals surface area contributed by atoms with E-state index < -0.39 is 12.0 Å². The molecule has 1 fully saturated rings. The zero-order valence-corrected chi connectivity index (χ0v) is 15.6. The van der Waals surface area contributed by atoms with Crippen LogP contribution in [0.1, 0.15) is 47.5 Å². The molecule has 1 saturated heterocycles. The molecule has 0 spiro atoms. The number of rotatable bonds is 5. The zero-order chi connectivity index (χ0) is 17.1. The van der Waals surface area contributed by atoms with Crippen molar-refractivity contribution in [1.82, 2.24) is 10.2 Å². The second-order valence-electron chi connectivity index (χ2n) is 7.40. The molecule has 0 aromatic rings. The van der Waals surface area contributed by atoms with E-state index in [1.54, 1.807) is 11.8 Å². The molecule has 134 valence electrons. The standard InChI is InChI=1S/C16H29N3O3.ClH/c1-11(2)13(20)22-8-7-19(14(17)21)12-9-15(3,4)18-16(5,6)10-12;/h12,18H,1,7-10H2,2-6H3,(H2,17,21);1H. The third-order valence-corrected chi connectivity index (χ3v) is 3.81. The van der Waals surface area contributed by atoms with Crippen molar-refractivity contribution in [2.75, 3.05) is 13.2 Å². The van der Waals surface area contributed by atoms with Crippen LogP contribution in [0.15, 0.2) is 12.2 Å². The fourth-order valence-electron chi connectivity index (χ4n) is 3.32. The lowest BCUT2D eigenvalue weighted by Gasteiger charge is -2.49. The number of halogens is 1. The van der Waals surface area contributed by atoms with Crippen LogP contribution < -0.4 is 11.1 Å². The van der Waals surface area contributed by atoms with Crippen molar-refractivity contribution in [3.8, 4) is 0 Å². The Morgan fingerprint density at radius 3 is 2.13 bits per heavy atom. The van der Waals surface area contributed by atoms with E-state index in [9.17, 15) is 9.59 Å². The number of nitrogens with one attached hydrogen (secondary N) is 1. The first-order chi connectivity index (χ1) is 9.93. The second-order valence-corrected chi connectivity index (χ2v) is 7.40. The van der Waals surface area contributed by atoms with Crippen LogP contribution in [0, 0.1) is 0 Å². The molecule has 0 saturated carbocycles. The summed E-state index contributed by atoms with van der Waals surface area (Å²) < 4.78 is 5.08. The molecule has 6 nitrogen and oxygen atoms in total. The summed E-state index contributed by atoms with van der Waals surface area (Å²) in [6.07, 6.45) is 1.60. The highest BCUT2D eigenvalue weighted by Crippen LogP contribution is 2.31. The molecule has 0 unspecified atom stereocenters. The molecule has 0 bridgehead atoms. The molecule has 0 aliphatic carbocycles. The summed E-state index contributed by atoms with van der Waals surface area (Å²) in [7, 11) is 0. The predicted octanol–water partition coefficient (Wildman–Crippen LogP) is 2.22. The Labute approximate surface area is 145 Å². The SMILES string of the molecule is C=C(C)C(=O)OCCN(C(N)=O)C1CC(C)(C)NC(C)(C)C1.Cl. The number of esters is 1. The molecule has 1 rings (SSSR count). The number of ether oxygens (including phenoxy) is 1. The second kappa shape index (κ2) is 8.02. The molecule has 0 radical (unpaired) electrons. The quantitative estimate of drug-likeness (QED) is 0.590. The predicted molar refractivity (Wildman–Crippen MR) is 93.6 cm³/mol. The van der Waals surface area contributed by atoms with E-state index in [1.165, 1.54) is 0 Å². The minimum Gasteiger partial charge on any atom is -0.460 e. The van der Waals surface area contributed by atoms with Gasteiger partial charge >= 0.3 is 12.0 Å². The van der Waals surface area contributed by atoms with Gasteiger partial charge in [0.05, 0.1) is 6.54 Å². The summed E-state index contributed by atoms with van der Waals surface area (Å²) >= 11 is 0. The number of hydrogen-bond donors (Lipinski definition) is 2. The lowest BCUT2D eigenvalue weighted by molar-refractivity contribution is -0.139. The minimum absolute atomic E-state index is 0. The molecule has 0 aromatic carbocycles. The number of piperidine rings is 1. The van der Waals surface area contributed by atoms with E-state index in [0.29, 0.717) is 12.1 Å². The van der Waals surface area contributed by atoms with Gasteiger partial charge in [-0.3, -0.25) is 0 Å².